The summed E-state index contributed by atoms with van der Waals surface area (Å²) in [7, 11) is 1.46. The summed E-state index contributed by atoms with van der Waals surface area (Å²) in [5, 5.41) is 12.1. The Labute approximate surface area is 160 Å². The molecule has 0 amide bonds. The zero-order valence-electron chi connectivity index (χ0n) is 15.4. The van der Waals surface area contributed by atoms with Crippen LogP contribution >= 0.6 is 0 Å². The van der Waals surface area contributed by atoms with E-state index in [4.69, 9.17) is 14.2 Å². The number of nitro groups is 1. The van der Waals surface area contributed by atoms with E-state index in [9.17, 15) is 14.9 Å². The monoisotopic (exact) mass is 383 g/mol. The van der Waals surface area contributed by atoms with Gasteiger partial charge in [-0.3, -0.25) is 14.9 Å². The van der Waals surface area contributed by atoms with Gasteiger partial charge < -0.3 is 14.2 Å². The van der Waals surface area contributed by atoms with Gasteiger partial charge in [0.2, 0.25) is 11.3 Å². The molecule has 144 valence electrons. The van der Waals surface area contributed by atoms with E-state index in [1.54, 1.807) is 49.5 Å². The Morgan fingerprint density at radius 3 is 2.64 bits per heavy atom. The van der Waals surface area contributed by atoms with Crippen molar-refractivity contribution in [3.63, 3.8) is 0 Å². The van der Waals surface area contributed by atoms with Gasteiger partial charge in [0.1, 0.15) is 5.39 Å². The Morgan fingerprint density at radius 1 is 1.14 bits per heavy atom. The maximum absolute atomic E-state index is 11.7. The molecule has 3 rings (SSSR count). The van der Waals surface area contributed by atoms with E-state index in [0.29, 0.717) is 34.6 Å². The van der Waals surface area contributed by atoms with Crippen molar-refractivity contribution in [2.75, 3.05) is 13.7 Å². The highest BCUT2D eigenvalue weighted by atomic mass is 16.6. The number of H-pyrrole nitrogens is 1. The lowest BCUT2D eigenvalue weighted by Crippen LogP contribution is -2.07. The number of esters is 1. The maximum Gasteiger partial charge on any atom is 0.325 e. The topological polar surface area (TPSA) is 102 Å². The number of methoxy groups -OCH3 is 1. The fourth-order valence-electron chi connectivity index (χ4n) is 2.84. The second kappa shape index (κ2) is 8.34. The molecular weight excluding hydrogens is 364 g/mol. The average Bonchev–Trinajstić information content (AvgIpc) is 2.68. The molecule has 28 heavy (non-hydrogen) atoms. The van der Waals surface area contributed by atoms with E-state index >= 15 is 0 Å². The lowest BCUT2D eigenvalue weighted by atomic mass is 10.1. The van der Waals surface area contributed by atoms with Gasteiger partial charge in [0.25, 0.3) is 0 Å². The lowest BCUT2D eigenvalue weighted by Gasteiger charge is -2.12. The Morgan fingerprint density at radius 2 is 1.93 bits per heavy atom. The molecule has 0 aliphatic heterocycles. The van der Waals surface area contributed by atoms with Crippen LogP contribution in [-0.2, 0) is 16.0 Å². The molecule has 0 aliphatic carbocycles. The quantitative estimate of drug-likeness (QED) is 0.352. The second-order valence-electron chi connectivity index (χ2n) is 5.87. The summed E-state index contributed by atoms with van der Waals surface area (Å²) in [6, 6.07) is 11.5. The summed E-state index contributed by atoms with van der Waals surface area (Å²) >= 11 is 0. The van der Waals surface area contributed by atoms with Gasteiger partial charge in [0.15, 0.2) is 17.7 Å². The minimum absolute atomic E-state index is 0.0912. The van der Waals surface area contributed by atoms with Gasteiger partial charge in [-0.15, -0.1) is 0 Å². The van der Waals surface area contributed by atoms with Crippen LogP contribution in [0.15, 0.2) is 48.7 Å². The van der Waals surface area contributed by atoms with Crippen molar-refractivity contribution >= 4 is 22.6 Å². The van der Waals surface area contributed by atoms with Crippen molar-refractivity contribution in [2.24, 2.45) is 0 Å². The van der Waals surface area contributed by atoms with Crippen molar-refractivity contribution < 1.29 is 28.9 Å². The molecule has 2 aromatic carbocycles. The first-order valence-electron chi connectivity index (χ1n) is 8.61. The largest absolute Gasteiger partial charge is 0.493 e. The number of carbonyl (C=O) groups is 1. The molecule has 0 atom stereocenters. The van der Waals surface area contributed by atoms with Crippen LogP contribution in [0.2, 0.25) is 0 Å². The predicted octanol–water partition coefficient (Wildman–Crippen LogP) is 3.47. The van der Waals surface area contributed by atoms with Gasteiger partial charge in [0, 0.05) is 12.1 Å². The van der Waals surface area contributed by atoms with Crippen molar-refractivity contribution in [1.29, 1.82) is 0 Å². The van der Waals surface area contributed by atoms with Crippen LogP contribution in [0.3, 0.4) is 0 Å². The molecule has 0 unspecified atom stereocenters. The summed E-state index contributed by atoms with van der Waals surface area (Å²) in [6.07, 6.45) is 1.79. The summed E-state index contributed by atoms with van der Waals surface area (Å²) in [5.41, 5.74) is 1.16. The Kier molecular flexibility index (Phi) is 5.69. The molecule has 1 N–H and O–H groups in total. The molecule has 3 aromatic rings. The van der Waals surface area contributed by atoms with E-state index in [2.05, 4.69) is 4.98 Å². The Bertz CT molecular complexity index is 1030. The summed E-state index contributed by atoms with van der Waals surface area (Å²) in [4.78, 5) is 25.8. The van der Waals surface area contributed by atoms with Crippen LogP contribution in [0, 0.1) is 10.1 Å². The van der Waals surface area contributed by atoms with Gasteiger partial charge in [-0.05, 0) is 36.8 Å². The van der Waals surface area contributed by atoms with E-state index in [1.165, 1.54) is 13.2 Å². The van der Waals surface area contributed by atoms with Gasteiger partial charge in [0.05, 0.1) is 25.1 Å². The maximum atomic E-state index is 11.7. The molecule has 8 heteroatoms. The number of ether oxygens (including phenoxy) is 3. The molecule has 0 radical (unpaired) electrons. The zero-order valence-corrected chi connectivity index (χ0v) is 15.4. The molecular formula is C20H19N2O6+. The van der Waals surface area contributed by atoms with Gasteiger partial charge >= 0.3 is 11.7 Å². The minimum atomic E-state index is -0.479. The van der Waals surface area contributed by atoms with Crippen molar-refractivity contribution in [2.45, 2.75) is 13.3 Å². The van der Waals surface area contributed by atoms with E-state index < -0.39 is 4.92 Å². The molecule has 0 saturated carbocycles. The number of aromatic amines is 1. The number of nitrogens with one attached hydrogen (secondary N) is 1. The number of benzene rings is 2. The minimum Gasteiger partial charge on any atom is -0.493 e. The summed E-state index contributed by atoms with van der Waals surface area (Å²) in [6.45, 7) is 2.05. The van der Waals surface area contributed by atoms with Crippen LogP contribution in [0.5, 0.6) is 17.2 Å². The van der Waals surface area contributed by atoms with Crippen LogP contribution in [0.4, 0.5) is 5.69 Å². The number of nitrogens with zero attached hydrogens (tertiary/aromatic N) is 1. The zero-order chi connectivity index (χ0) is 20.1. The third-order valence-corrected chi connectivity index (χ3v) is 4.06. The van der Waals surface area contributed by atoms with Gasteiger partial charge in [-0.25, -0.2) is 4.98 Å². The molecule has 0 fully saturated rings. The van der Waals surface area contributed by atoms with E-state index in [-0.39, 0.29) is 23.8 Å². The van der Waals surface area contributed by atoms with E-state index in [0.717, 1.165) is 0 Å². The normalized spacial score (nSPS) is 10.5. The third-order valence-electron chi connectivity index (χ3n) is 4.06. The number of aromatic nitrogens is 1. The number of hydrogen-bond acceptors (Lipinski definition) is 6. The fourth-order valence-corrected chi connectivity index (χ4v) is 2.84. The average molecular weight is 383 g/mol. The number of fused-ring (bicyclic) bond motifs is 1. The number of rotatable bonds is 7. The summed E-state index contributed by atoms with van der Waals surface area (Å²) in [5.74, 6) is 0.404. The second-order valence-corrected chi connectivity index (χ2v) is 5.87. The molecule has 0 bridgehead atoms. The van der Waals surface area contributed by atoms with Crippen LogP contribution in [0.1, 0.15) is 12.5 Å². The van der Waals surface area contributed by atoms with Crippen LogP contribution < -0.4 is 14.5 Å². The smallest absolute Gasteiger partial charge is 0.325 e. The number of carbonyl (C=O) groups excluding carboxylic acids is 1. The number of hydrogen-bond donors (Lipinski definition) is 0. The standard InChI is InChI=1S/C20H18N2O6/c1-3-27-19(23)12-13-6-8-16(18(11-13)26-2)28-17-9-7-15-14(5-4-10-21-15)20(17)22(24)25/h4-11H,3,12H2,1-2H3/p+1. The van der Waals surface area contributed by atoms with Crippen molar-refractivity contribution in [3.05, 3.63) is 64.3 Å². The van der Waals surface area contributed by atoms with Crippen LogP contribution in [0.25, 0.3) is 10.9 Å². The van der Waals surface area contributed by atoms with Crippen molar-refractivity contribution in [1.82, 2.24) is 0 Å². The highest BCUT2D eigenvalue weighted by Crippen LogP contribution is 2.39. The number of nitro benzene ring substituents is 1. The lowest BCUT2D eigenvalue weighted by molar-refractivity contribution is -0.384. The highest BCUT2D eigenvalue weighted by Gasteiger charge is 2.24. The predicted molar refractivity (Wildman–Crippen MR) is 101 cm³/mol. The number of pyridine rings is 1. The van der Waals surface area contributed by atoms with Crippen LogP contribution in [-0.4, -0.2) is 24.6 Å². The SMILES string of the molecule is CCOC(=O)Cc1ccc(Oc2ccc3[nH+]cccc3c2[N+](=O)[O-])c(OC)c1. The molecule has 1 aromatic heterocycles. The van der Waals surface area contributed by atoms with Crippen molar-refractivity contribution in [3.8, 4) is 17.2 Å². The molecule has 0 aliphatic rings. The molecule has 0 spiro atoms. The summed E-state index contributed by atoms with van der Waals surface area (Å²) < 4.78 is 16.1. The fraction of sp³-hybridized carbons (Fsp3) is 0.200. The Hall–Kier alpha value is -3.68. The molecule has 8 nitrogen and oxygen atoms in total. The van der Waals surface area contributed by atoms with E-state index in [1.807, 2.05) is 0 Å². The Balaban J connectivity index is 1.96. The molecule has 0 saturated heterocycles. The first-order valence-corrected chi connectivity index (χ1v) is 8.61. The highest BCUT2D eigenvalue weighted by molar-refractivity contribution is 5.89. The third kappa shape index (κ3) is 4.01. The van der Waals surface area contributed by atoms with Gasteiger partial charge in [-0.2, -0.15) is 0 Å². The molecule has 1 heterocycles. The first kappa shape index (κ1) is 19.1. The first-order chi connectivity index (χ1) is 13.5. The van der Waals surface area contributed by atoms with Gasteiger partial charge in [-0.1, -0.05) is 6.07 Å².